The number of carbonyl (C=O) groups is 2. The summed E-state index contributed by atoms with van der Waals surface area (Å²) in [5.74, 6) is -1.20. The van der Waals surface area contributed by atoms with Crippen molar-refractivity contribution in [3.05, 3.63) is 70.1 Å². The van der Waals surface area contributed by atoms with Crippen LogP contribution in [-0.2, 0) is 11.3 Å². The number of nitrogens with zero attached hydrogens (tertiary/aromatic N) is 1. The highest BCUT2D eigenvalue weighted by molar-refractivity contribution is 6.08. The SMILES string of the molecule is CCCOC(=O)c1ccc(NC(=O)c2c(O)c3ccccc3c(=O)n2CC(C)C)cc1. The van der Waals surface area contributed by atoms with Crippen molar-refractivity contribution in [2.24, 2.45) is 5.92 Å². The van der Waals surface area contributed by atoms with Crippen LogP contribution in [0.4, 0.5) is 5.69 Å². The highest BCUT2D eigenvalue weighted by Gasteiger charge is 2.22. The predicted molar refractivity (Wildman–Crippen MR) is 120 cm³/mol. The third kappa shape index (κ3) is 4.77. The van der Waals surface area contributed by atoms with Gasteiger partial charge in [-0.05, 0) is 42.7 Å². The van der Waals surface area contributed by atoms with Crippen molar-refractivity contribution in [3.63, 3.8) is 0 Å². The standard InChI is InChI=1S/C24H26N2O5/c1-4-13-31-24(30)16-9-11-17(12-10-16)25-22(28)20-21(27)18-7-5-6-8-19(18)23(29)26(20)14-15(2)3/h5-12,15,27H,4,13-14H2,1-3H3,(H,25,28). The first-order chi connectivity index (χ1) is 14.8. The molecule has 0 unspecified atom stereocenters. The Morgan fingerprint density at radius 2 is 1.71 bits per heavy atom. The molecule has 3 rings (SSSR count). The van der Waals surface area contributed by atoms with Crippen LogP contribution in [0.5, 0.6) is 5.75 Å². The van der Waals surface area contributed by atoms with Crippen molar-refractivity contribution < 1.29 is 19.4 Å². The second-order valence-corrected chi connectivity index (χ2v) is 7.72. The van der Waals surface area contributed by atoms with Crippen molar-refractivity contribution in [2.45, 2.75) is 33.7 Å². The Labute approximate surface area is 180 Å². The summed E-state index contributed by atoms with van der Waals surface area (Å²) in [7, 11) is 0. The van der Waals surface area contributed by atoms with Gasteiger partial charge < -0.3 is 19.7 Å². The Bertz CT molecular complexity index is 1160. The minimum Gasteiger partial charge on any atom is -0.505 e. The first-order valence-electron chi connectivity index (χ1n) is 10.3. The van der Waals surface area contributed by atoms with E-state index in [0.717, 1.165) is 6.42 Å². The third-order valence-electron chi connectivity index (χ3n) is 4.73. The molecule has 0 atom stereocenters. The lowest BCUT2D eigenvalue weighted by Crippen LogP contribution is -2.30. The lowest BCUT2D eigenvalue weighted by Gasteiger charge is -2.18. The van der Waals surface area contributed by atoms with Gasteiger partial charge in [0.1, 0.15) is 0 Å². The summed E-state index contributed by atoms with van der Waals surface area (Å²) in [6.07, 6.45) is 0.729. The molecule has 7 heteroatoms. The number of nitrogens with one attached hydrogen (secondary N) is 1. The number of ether oxygens (including phenoxy) is 1. The molecule has 0 aliphatic carbocycles. The highest BCUT2D eigenvalue weighted by Crippen LogP contribution is 2.27. The van der Waals surface area contributed by atoms with E-state index >= 15 is 0 Å². The van der Waals surface area contributed by atoms with E-state index in [-0.39, 0.29) is 29.5 Å². The van der Waals surface area contributed by atoms with E-state index in [4.69, 9.17) is 4.74 Å². The number of fused-ring (bicyclic) bond motifs is 1. The molecule has 0 saturated carbocycles. The topological polar surface area (TPSA) is 97.6 Å². The van der Waals surface area contributed by atoms with Gasteiger partial charge in [-0.25, -0.2) is 4.79 Å². The monoisotopic (exact) mass is 422 g/mol. The minimum atomic E-state index is -0.609. The molecule has 2 aromatic carbocycles. The summed E-state index contributed by atoms with van der Waals surface area (Å²) in [5, 5.41) is 14.2. The van der Waals surface area contributed by atoms with E-state index in [1.807, 2.05) is 20.8 Å². The molecule has 0 aliphatic heterocycles. The smallest absolute Gasteiger partial charge is 0.338 e. The van der Waals surface area contributed by atoms with Crippen LogP contribution in [0.25, 0.3) is 10.8 Å². The van der Waals surface area contributed by atoms with Crippen LogP contribution >= 0.6 is 0 Å². The molecule has 0 spiro atoms. The van der Waals surface area contributed by atoms with Crippen molar-refractivity contribution in [1.82, 2.24) is 4.57 Å². The average molecular weight is 422 g/mol. The lowest BCUT2D eigenvalue weighted by atomic mass is 10.1. The van der Waals surface area contributed by atoms with Crippen LogP contribution in [0.2, 0.25) is 0 Å². The van der Waals surface area contributed by atoms with Crippen LogP contribution in [0.3, 0.4) is 0 Å². The van der Waals surface area contributed by atoms with Gasteiger partial charge in [-0.3, -0.25) is 9.59 Å². The maximum absolute atomic E-state index is 13.1. The molecule has 0 bridgehead atoms. The zero-order chi connectivity index (χ0) is 22.5. The van der Waals surface area contributed by atoms with Crippen LogP contribution in [0, 0.1) is 5.92 Å². The number of aromatic hydroxyl groups is 1. The predicted octanol–water partition coefficient (Wildman–Crippen LogP) is 4.18. The fourth-order valence-electron chi connectivity index (χ4n) is 3.31. The van der Waals surface area contributed by atoms with Crippen LogP contribution < -0.4 is 10.9 Å². The zero-order valence-electron chi connectivity index (χ0n) is 17.8. The van der Waals surface area contributed by atoms with Crippen LogP contribution in [0.1, 0.15) is 48.0 Å². The number of anilines is 1. The third-order valence-corrected chi connectivity index (χ3v) is 4.73. The van der Waals surface area contributed by atoms with Gasteiger partial charge >= 0.3 is 5.97 Å². The van der Waals surface area contributed by atoms with Crippen LogP contribution in [-0.4, -0.2) is 28.2 Å². The highest BCUT2D eigenvalue weighted by atomic mass is 16.5. The molecular formula is C24H26N2O5. The molecule has 1 aromatic heterocycles. The van der Waals surface area contributed by atoms with E-state index < -0.39 is 11.9 Å². The van der Waals surface area contributed by atoms with E-state index in [2.05, 4.69) is 5.32 Å². The maximum atomic E-state index is 13.1. The number of carbonyl (C=O) groups excluding carboxylic acids is 2. The molecule has 3 aromatic rings. The molecule has 0 radical (unpaired) electrons. The second-order valence-electron chi connectivity index (χ2n) is 7.72. The molecule has 2 N–H and O–H groups in total. The number of rotatable bonds is 7. The van der Waals surface area contributed by atoms with E-state index in [1.165, 1.54) is 4.57 Å². The minimum absolute atomic E-state index is 0.0817. The van der Waals surface area contributed by atoms with E-state index in [0.29, 0.717) is 28.6 Å². The van der Waals surface area contributed by atoms with Gasteiger partial charge in [0, 0.05) is 17.6 Å². The lowest BCUT2D eigenvalue weighted by molar-refractivity contribution is 0.0505. The van der Waals surface area contributed by atoms with Gasteiger partial charge in [0.25, 0.3) is 11.5 Å². The summed E-state index contributed by atoms with van der Waals surface area (Å²) in [5.41, 5.74) is 0.370. The number of hydrogen-bond donors (Lipinski definition) is 2. The Hall–Kier alpha value is -3.61. The van der Waals surface area contributed by atoms with E-state index in [1.54, 1.807) is 48.5 Å². The van der Waals surface area contributed by atoms with E-state index in [9.17, 15) is 19.5 Å². The normalized spacial score (nSPS) is 11.0. The zero-order valence-corrected chi connectivity index (χ0v) is 17.8. The maximum Gasteiger partial charge on any atom is 0.338 e. The molecule has 1 amide bonds. The number of benzene rings is 2. The van der Waals surface area contributed by atoms with Crippen molar-refractivity contribution >= 4 is 28.3 Å². The molecular weight excluding hydrogens is 396 g/mol. The largest absolute Gasteiger partial charge is 0.505 e. The summed E-state index contributed by atoms with van der Waals surface area (Å²) in [6.45, 7) is 6.38. The second kappa shape index (κ2) is 9.47. The molecule has 0 fully saturated rings. The number of amides is 1. The molecule has 31 heavy (non-hydrogen) atoms. The Kier molecular flexibility index (Phi) is 6.74. The van der Waals surface area contributed by atoms with Gasteiger partial charge in [0.15, 0.2) is 11.4 Å². The first kappa shape index (κ1) is 22.1. The summed E-state index contributed by atoms with van der Waals surface area (Å²) in [6, 6.07) is 12.9. The van der Waals surface area contributed by atoms with Gasteiger partial charge in [-0.2, -0.15) is 0 Å². The van der Waals surface area contributed by atoms with Crippen molar-refractivity contribution in [2.75, 3.05) is 11.9 Å². The Balaban J connectivity index is 1.96. The van der Waals surface area contributed by atoms with Gasteiger partial charge in [-0.15, -0.1) is 0 Å². The van der Waals surface area contributed by atoms with Gasteiger partial charge in [0.2, 0.25) is 0 Å². The molecule has 7 nitrogen and oxygen atoms in total. The van der Waals surface area contributed by atoms with Gasteiger partial charge in [-0.1, -0.05) is 39.0 Å². The molecule has 0 saturated heterocycles. The van der Waals surface area contributed by atoms with Crippen LogP contribution in [0.15, 0.2) is 53.3 Å². The number of esters is 1. The summed E-state index contributed by atoms with van der Waals surface area (Å²) < 4.78 is 6.41. The molecule has 162 valence electrons. The fraction of sp³-hybridized carbons (Fsp3) is 0.292. The Morgan fingerprint density at radius 3 is 2.32 bits per heavy atom. The summed E-state index contributed by atoms with van der Waals surface area (Å²) >= 11 is 0. The van der Waals surface area contributed by atoms with Crippen molar-refractivity contribution in [3.8, 4) is 5.75 Å². The number of pyridine rings is 1. The first-order valence-corrected chi connectivity index (χ1v) is 10.3. The van der Waals surface area contributed by atoms with Gasteiger partial charge in [0.05, 0.1) is 17.6 Å². The Morgan fingerprint density at radius 1 is 1.06 bits per heavy atom. The van der Waals surface area contributed by atoms with Crippen molar-refractivity contribution in [1.29, 1.82) is 0 Å². The number of hydrogen-bond acceptors (Lipinski definition) is 5. The fourth-order valence-corrected chi connectivity index (χ4v) is 3.31. The quantitative estimate of drug-likeness (QED) is 0.557. The number of aromatic nitrogens is 1. The summed E-state index contributed by atoms with van der Waals surface area (Å²) in [4.78, 5) is 38.0. The average Bonchev–Trinajstić information content (AvgIpc) is 2.76. The molecule has 0 aliphatic rings. The molecule has 1 heterocycles.